The molecule has 0 aliphatic rings. The molecule has 0 aliphatic heterocycles. The van der Waals surface area contributed by atoms with E-state index in [1.54, 1.807) is 0 Å². The number of sulfonamides is 1. The molecule has 0 aliphatic carbocycles. The molecule has 0 radical (unpaired) electrons. The van der Waals surface area contributed by atoms with Crippen molar-refractivity contribution in [1.29, 1.82) is 0 Å². The summed E-state index contributed by atoms with van der Waals surface area (Å²) in [6, 6.07) is 2.68. The van der Waals surface area contributed by atoms with Gasteiger partial charge >= 0.3 is 0 Å². The summed E-state index contributed by atoms with van der Waals surface area (Å²) >= 11 is 0. The van der Waals surface area contributed by atoms with E-state index in [-0.39, 0.29) is 6.54 Å². The molecule has 0 aromatic carbocycles. The summed E-state index contributed by atoms with van der Waals surface area (Å²) in [4.78, 5) is 3.34. The highest BCUT2D eigenvalue weighted by atomic mass is 32.2. The van der Waals surface area contributed by atoms with Crippen molar-refractivity contribution in [2.75, 3.05) is 0 Å². The molecular weight excluding hydrogens is 207 g/mol. The first kappa shape index (κ1) is 10.8. The molecule has 0 atom stereocenters. The highest BCUT2D eigenvalue weighted by Crippen LogP contribution is 2.00. The van der Waals surface area contributed by atoms with Gasteiger partial charge in [-0.2, -0.15) is 4.39 Å². The third kappa shape index (κ3) is 3.23. The first-order chi connectivity index (χ1) is 6.53. The summed E-state index contributed by atoms with van der Waals surface area (Å²) in [5.41, 5.74) is 0.503. The summed E-state index contributed by atoms with van der Waals surface area (Å²) in [5.74, 6) is -0.639. The average Bonchev–Trinajstić information content (AvgIpc) is 2.15. The molecule has 6 heteroatoms. The minimum absolute atomic E-state index is 0.0216. The van der Waals surface area contributed by atoms with E-state index in [1.165, 1.54) is 12.3 Å². The standard InChI is InChI=1S/C8H9FN2O2S/c1-2-14(12,13)11-6-7-3-4-10-8(9)5-7/h2-5,11H,1,6H2. The molecule has 1 N–H and O–H groups in total. The molecule has 1 aromatic rings. The number of halogens is 1. The number of hydrogen-bond donors (Lipinski definition) is 1. The van der Waals surface area contributed by atoms with Crippen LogP contribution in [0.2, 0.25) is 0 Å². The lowest BCUT2D eigenvalue weighted by Gasteiger charge is -2.01. The molecule has 14 heavy (non-hydrogen) atoms. The van der Waals surface area contributed by atoms with Crippen LogP contribution in [-0.4, -0.2) is 13.4 Å². The Morgan fingerprint density at radius 1 is 1.64 bits per heavy atom. The Morgan fingerprint density at radius 2 is 2.36 bits per heavy atom. The summed E-state index contributed by atoms with van der Waals surface area (Å²) < 4.78 is 36.6. The second-order valence-corrected chi connectivity index (χ2v) is 4.23. The maximum absolute atomic E-state index is 12.6. The van der Waals surface area contributed by atoms with Crippen LogP contribution in [-0.2, 0) is 16.6 Å². The fourth-order valence-electron chi connectivity index (χ4n) is 0.795. The second-order valence-electron chi connectivity index (χ2n) is 2.52. The van der Waals surface area contributed by atoms with Gasteiger partial charge < -0.3 is 0 Å². The zero-order valence-corrected chi connectivity index (χ0v) is 8.09. The van der Waals surface area contributed by atoms with Gasteiger partial charge in [0.2, 0.25) is 16.0 Å². The van der Waals surface area contributed by atoms with E-state index in [0.717, 1.165) is 11.5 Å². The van der Waals surface area contributed by atoms with Crippen molar-refractivity contribution in [3.8, 4) is 0 Å². The molecule has 0 bridgehead atoms. The normalized spacial score (nSPS) is 11.2. The van der Waals surface area contributed by atoms with Crippen molar-refractivity contribution in [3.63, 3.8) is 0 Å². The van der Waals surface area contributed by atoms with Crippen LogP contribution in [0.3, 0.4) is 0 Å². The fraction of sp³-hybridized carbons (Fsp3) is 0.125. The van der Waals surface area contributed by atoms with Gasteiger partial charge in [-0.1, -0.05) is 6.58 Å². The molecule has 0 amide bonds. The molecule has 0 saturated heterocycles. The van der Waals surface area contributed by atoms with E-state index in [4.69, 9.17) is 0 Å². The third-order valence-electron chi connectivity index (χ3n) is 1.49. The van der Waals surface area contributed by atoms with Crippen LogP contribution in [0.15, 0.2) is 30.3 Å². The molecule has 0 spiro atoms. The molecule has 0 unspecified atom stereocenters. The maximum Gasteiger partial charge on any atom is 0.233 e. The molecule has 0 saturated carbocycles. The van der Waals surface area contributed by atoms with E-state index >= 15 is 0 Å². The quantitative estimate of drug-likeness (QED) is 0.757. The van der Waals surface area contributed by atoms with Crippen LogP contribution < -0.4 is 4.72 Å². The lowest BCUT2D eigenvalue weighted by atomic mass is 10.3. The SMILES string of the molecule is C=CS(=O)(=O)NCc1ccnc(F)c1. The molecule has 1 rings (SSSR count). The Morgan fingerprint density at radius 3 is 2.93 bits per heavy atom. The highest BCUT2D eigenvalue weighted by Gasteiger charge is 2.03. The number of rotatable bonds is 4. The smallest absolute Gasteiger partial charge is 0.228 e. The minimum Gasteiger partial charge on any atom is -0.228 e. The summed E-state index contributed by atoms with van der Waals surface area (Å²) in [6.07, 6.45) is 1.27. The van der Waals surface area contributed by atoms with Crippen LogP contribution in [0.25, 0.3) is 0 Å². The number of pyridine rings is 1. The number of nitrogens with one attached hydrogen (secondary N) is 1. The largest absolute Gasteiger partial charge is 0.233 e. The topological polar surface area (TPSA) is 59.1 Å². The first-order valence-corrected chi connectivity index (χ1v) is 5.30. The fourth-order valence-corrected chi connectivity index (χ4v) is 1.28. The predicted octanol–water partition coefficient (Wildman–Crippen LogP) is 0.784. The van der Waals surface area contributed by atoms with Crippen LogP contribution >= 0.6 is 0 Å². The van der Waals surface area contributed by atoms with E-state index in [9.17, 15) is 12.8 Å². The Hall–Kier alpha value is -1.27. The van der Waals surface area contributed by atoms with Crippen molar-refractivity contribution < 1.29 is 12.8 Å². The van der Waals surface area contributed by atoms with Gasteiger partial charge in [-0.25, -0.2) is 18.1 Å². The van der Waals surface area contributed by atoms with Gasteiger partial charge in [0.25, 0.3) is 0 Å². The molecule has 0 fully saturated rings. The predicted molar refractivity (Wildman–Crippen MR) is 50.2 cm³/mol. The molecule has 76 valence electrons. The van der Waals surface area contributed by atoms with Gasteiger partial charge in [0.1, 0.15) is 0 Å². The summed E-state index contributed by atoms with van der Waals surface area (Å²) in [5, 5.41) is 0.796. The highest BCUT2D eigenvalue weighted by molar-refractivity contribution is 7.92. The minimum atomic E-state index is -3.46. The molecule has 1 aromatic heterocycles. The van der Waals surface area contributed by atoms with E-state index in [1.807, 2.05) is 0 Å². The van der Waals surface area contributed by atoms with Gasteiger partial charge in [0.05, 0.1) is 0 Å². The zero-order valence-electron chi connectivity index (χ0n) is 7.27. The number of nitrogens with zero attached hydrogens (tertiary/aromatic N) is 1. The van der Waals surface area contributed by atoms with Crippen molar-refractivity contribution in [2.24, 2.45) is 0 Å². The Kier molecular flexibility index (Phi) is 3.32. The van der Waals surface area contributed by atoms with Gasteiger partial charge in [0, 0.05) is 18.1 Å². The van der Waals surface area contributed by atoms with Gasteiger partial charge in [-0.15, -0.1) is 0 Å². The van der Waals surface area contributed by atoms with Crippen LogP contribution in [0, 0.1) is 5.95 Å². The first-order valence-electron chi connectivity index (χ1n) is 3.76. The van der Waals surface area contributed by atoms with Gasteiger partial charge in [-0.3, -0.25) is 0 Å². The Bertz CT molecular complexity index is 431. The van der Waals surface area contributed by atoms with Crippen molar-refractivity contribution in [2.45, 2.75) is 6.54 Å². The van der Waals surface area contributed by atoms with Crippen LogP contribution in [0.1, 0.15) is 5.56 Å². The summed E-state index contributed by atoms with van der Waals surface area (Å²) in [7, 11) is -3.46. The lowest BCUT2D eigenvalue weighted by Crippen LogP contribution is -2.20. The van der Waals surface area contributed by atoms with E-state index in [2.05, 4.69) is 16.3 Å². The molecular formula is C8H9FN2O2S. The molecule has 4 nitrogen and oxygen atoms in total. The Labute approximate surface area is 81.5 Å². The average molecular weight is 216 g/mol. The number of hydrogen-bond acceptors (Lipinski definition) is 3. The van der Waals surface area contributed by atoms with Crippen molar-refractivity contribution >= 4 is 10.0 Å². The lowest BCUT2D eigenvalue weighted by molar-refractivity contribution is 0.577. The van der Waals surface area contributed by atoms with Crippen LogP contribution in [0.5, 0.6) is 0 Å². The molecule has 1 heterocycles. The third-order valence-corrected chi connectivity index (χ3v) is 2.47. The maximum atomic E-state index is 12.6. The summed E-state index contributed by atoms with van der Waals surface area (Å²) in [6.45, 7) is 3.15. The second kappa shape index (κ2) is 4.30. The number of aromatic nitrogens is 1. The monoisotopic (exact) mass is 216 g/mol. The zero-order chi connectivity index (χ0) is 10.6. The van der Waals surface area contributed by atoms with E-state index in [0.29, 0.717) is 5.56 Å². The van der Waals surface area contributed by atoms with Gasteiger partial charge in [-0.05, 0) is 17.7 Å². The Balaban J connectivity index is 2.67. The van der Waals surface area contributed by atoms with Gasteiger partial charge in [0.15, 0.2) is 0 Å². The van der Waals surface area contributed by atoms with E-state index < -0.39 is 16.0 Å². The van der Waals surface area contributed by atoms with Crippen molar-refractivity contribution in [1.82, 2.24) is 9.71 Å². The van der Waals surface area contributed by atoms with Crippen molar-refractivity contribution in [3.05, 3.63) is 41.8 Å². The van der Waals surface area contributed by atoms with Crippen LogP contribution in [0.4, 0.5) is 4.39 Å².